The molecule has 17 heavy (non-hydrogen) atoms. The van der Waals surface area contributed by atoms with Crippen molar-refractivity contribution >= 4 is 10.0 Å². The summed E-state index contributed by atoms with van der Waals surface area (Å²) in [6.45, 7) is 0. The van der Waals surface area contributed by atoms with Gasteiger partial charge in [-0.15, -0.1) is 0 Å². The number of hydrogen-bond donors (Lipinski definition) is 0. The first-order valence-corrected chi connectivity index (χ1v) is 9.42. The summed E-state index contributed by atoms with van der Waals surface area (Å²) >= 11 is 1.71. The third-order valence-electron chi connectivity index (χ3n) is 5.03. The highest BCUT2D eigenvalue weighted by molar-refractivity contribution is 7.89. The van der Waals surface area contributed by atoms with Crippen molar-refractivity contribution in [2.75, 3.05) is 5.75 Å². The van der Waals surface area contributed by atoms with Gasteiger partial charge in [0.05, 0.1) is 11.8 Å². The standard InChI is InChI=1S/C12H21INO2S/c13-14-12-7-10-4-2-1-3-9(10)5-6-11(12)8-17(14,15)16/h9-13H,1-8H2/q+1. The van der Waals surface area contributed by atoms with Gasteiger partial charge in [-0.25, -0.2) is 8.42 Å². The molecule has 4 atom stereocenters. The van der Waals surface area contributed by atoms with E-state index in [1.807, 2.05) is 0 Å². The molecule has 0 amide bonds. The zero-order valence-corrected chi connectivity index (χ0v) is 13.2. The van der Waals surface area contributed by atoms with Crippen LogP contribution in [0.25, 0.3) is 0 Å². The molecule has 0 N–H and O–H groups in total. The first-order chi connectivity index (χ1) is 8.08. The van der Waals surface area contributed by atoms with Crippen molar-refractivity contribution in [1.82, 2.24) is 2.52 Å². The lowest BCUT2D eigenvalue weighted by atomic mass is 9.76. The Morgan fingerprint density at radius 1 is 0.941 bits per heavy atom. The van der Waals surface area contributed by atoms with Crippen molar-refractivity contribution in [3.8, 4) is 0 Å². The van der Waals surface area contributed by atoms with Crippen molar-refractivity contribution in [3.05, 3.63) is 0 Å². The lowest BCUT2D eigenvalue weighted by Crippen LogP contribution is -3.42. The zero-order chi connectivity index (χ0) is 12.0. The van der Waals surface area contributed by atoms with E-state index in [-0.39, 0.29) is 0 Å². The lowest BCUT2D eigenvalue weighted by molar-refractivity contribution is -0.542. The van der Waals surface area contributed by atoms with Crippen LogP contribution in [-0.4, -0.2) is 22.7 Å². The van der Waals surface area contributed by atoms with Crippen LogP contribution in [0.3, 0.4) is 0 Å². The summed E-state index contributed by atoms with van der Waals surface area (Å²) in [6, 6.07) is 0.317. The molecule has 0 aromatic rings. The Bertz CT molecular complexity index is 397. The Balaban J connectivity index is 1.81. The summed E-state index contributed by atoms with van der Waals surface area (Å²) in [6.07, 6.45) is 9.02. The molecule has 0 aromatic carbocycles. The SMILES string of the molecule is O=S1(=O)CC2CCC3CCCCC3CC2N1[IH+]. The molecule has 4 unspecified atom stereocenters. The third kappa shape index (κ3) is 2.27. The highest BCUT2D eigenvalue weighted by Gasteiger charge is 2.51. The minimum atomic E-state index is -2.92. The number of sulfonamides is 1. The molecule has 3 nitrogen and oxygen atoms in total. The smallest absolute Gasteiger partial charge is 0.209 e. The van der Waals surface area contributed by atoms with Crippen LogP contribution in [-0.2, 0) is 10.0 Å². The van der Waals surface area contributed by atoms with Crippen LogP contribution < -0.4 is 22.9 Å². The van der Waals surface area contributed by atoms with Crippen molar-refractivity contribution in [3.63, 3.8) is 0 Å². The van der Waals surface area contributed by atoms with Gasteiger partial charge in [-0.1, -0.05) is 25.7 Å². The molecular weight excluding hydrogens is 349 g/mol. The molecule has 2 aliphatic carbocycles. The van der Waals surface area contributed by atoms with E-state index >= 15 is 0 Å². The molecule has 1 heterocycles. The van der Waals surface area contributed by atoms with Gasteiger partial charge in [0.15, 0.2) is 0 Å². The average Bonchev–Trinajstić information content (AvgIpc) is 2.47. The predicted molar refractivity (Wildman–Crippen MR) is 63.6 cm³/mol. The second-order valence-corrected chi connectivity index (χ2v) is 9.71. The van der Waals surface area contributed by atoms with Gasteiger partial charge in [-0.05, 0) is 37.0 Å². The average molecular weight is 370 g/mol. The molecule has 1 aliphatic heterocycles. The van der Waals surface area contributed by atoms with Crippen molar-refractivity contribution in [2.24, 2.45) is 17.8 Å². The van der Waals surface area contributed by atoms with Crippen LogP contribution >= 0.6 is 0 Å². The van der Waals surface area contributed by atoms with Crippen molar-refractivity contribution < 1.29 is 31.3 Å². The summed E-state index contributed by atoms with van der Waals surface area (Å²) in [5, 5.41) is 0. The van der Waals surface area contributed by atoms with Gasteiger partial charge in [0.1, 0.15) is 0 Å². The molecular formula is C12H21INO2S+. The Hall–Kier alpha value is 0.640. The highest BCUT2D eigenvalue weighted by atomic mass is 127. The first-order valence-electron chi connectivity index (χ1n) is 6.77. The Morgan fingerprint density at radius 2 is 1.59 bits per heavy atom. The summed E-state index contributed by atoms with van der Waals surface area (Å²) in [7, 11) is -2.92. The minimum absolute atomic E-state index is 0.317. The van der Waals surface area contributed by atoms with Gasteiger partial charge in [0, 0.05) is 2.52 Å². The lowest BCUT2D eigenvalue weighted by Gasteiger charge is -2.30. The number of nitrogens with zero attached hydrogens (tertiary/aromatic N) is 1. The molecule has 0 aromatic heterocycles. The highest BCUT2D eigenvalue weighted by Crippen LogP contribution is 2.44. The minimum Gasteiger partial charge on any atom is -0.209 e. The van der Waals surface area contributed by atoms with E-state index in [1.54, 1.807) is 25.4 Å². The van der Waals surface area contributed by atoms with Crippen LogP contribution in [0.5, 0.6) is 0 Å². The topological polar surface area (TPSA) is 37.4 Å². The van der Waals surface area contributed by atoms with Gasteiger partial charge in [-0.2, -0.15) is 0 Å². The fourth-order valence-electron chi connectivity index (χ4n) is 4.10. The molecule has 2 saturated carbocycles. The number of halogens is 1. The Kier molecular flexibility index (Phi) is 3.45. The van der Waals surface area contributed by atoms with Gasteiger partial charge >= 0.3 is 22.9 Å². The Labute approximate surface area is 118 Å². The second kappa shape index (κ2) is 4.63. The van der Waals surface area contributed by atoms with E-state index in [2.05, 4.69) is 0 Å². The first kappa shape index (κ1) is 12.7. The van der Waals surface area contributed by atoms with Crippen molar-refractivity contribution in [2.45, 2.75) is 51.0 Å². The molecule has 3 rings (SSSR count). The summed E-state index contributed by atoms with van der Waals surface area (Å²) in [5.74, 6) is 2.53. The van der Waals surface area contributed by atoms with Crippen LogP contribution in [0.15, 0.2) is 0 Å². The molecule has 0 spiro atoms. The summed E-state index contributed by atoms with van der Waals surface area (Å²) in [5.41, 5.74) is 0. The Morgan fingerprint density at radius 3 is 2.35 bits per heavy atom. The van der Waals surface area contributed by atoms with Gasteiger partial charge in [-0.3, -0.25) is 0 Å². The maximum atomic E-state index is 11.9. The quantitative estimate of drug-likeness (QED) is 0.397. The van der Waals surface area contributed by atoms with Gasteiger partial charge in [0.2, 0.25) is 0 Å². The molecule has 0 radical (unpaired) electrons. The number of rotatable bonds is 0. The largest absolute Gasteiger partial charge is 0.387 e. The zero-order valence-electron chi connectivity index (χ0n) is 10.0. The van der Waals surface area contributed by atoms with Crippen LogP contribution in [0.4, 0.5) is 0 Å². The van der Waals surface area contributed by atoms with E-state index < -0.39 is 10.0 Å². The van der Waals surface area contributed by atoms with Crippen LogP contribution in [0, 0.1) is 17.8 Å². The molecule has 3 aliphatic rings. The molecule has 0 bridgehead atoms. The maximum Gasteiger partial charge on any atom is 0.387 e. The number of hydrogen-bond acceptors (Lipinski definition) is 2. The summed E-state index contributed by atoms with van der Waals surface area (Å²) in [4.78, 5) is 0. The van der Waals surface area contributed by atoms with Gasteiger partial charge < -0.3 is 0 Å². The molecule has 98 valence electrons. The fraction of sp³-hybridized carbons (Fsp3) is 1.00. The van der Waals surface area contributed by atoms with Gasteiger partial charge in [0.25, 0.3) is 10.0 Å². The third-order valence-corrected chi connectivity index (χ3v) is 9.42. The van der Waals surface area contributed by atoms with Crippen LogP contribution in [0.2, 0.25) is 0 Å². The number of fused-ring (bicyclic) bond motifs is 2. The molecule has 3 fully saturated rings. The summed E-state index contributed by atoms with van der Waals surface area (Å²) < 4.78 is 25.6. The second-order valence-electron chi connectivity index (χ2n) is 5.98. The fourth-order valence-corrected chi connectivity index (χ4v) is 7.11. The predicted octanol–water partition coefficient (Wildman–Crippen LogP) is -1.19. The normalized spacial score (nSPS) is 45.9. The van der Waals surface area contributed by atoms with E-state index in [1.165, 1.54) is 32.1 Å². The molecule has 5 heteroatoms. The van der Waals surface area contributed by atoms with E-state index in [4.69, 9.17) is 0 Å². The van der Waals surface area contributed by atoms with Crippen molar-refractivity contribution in [1.29, 1.82) is 0 Å². The maximum absolute atomic E-state index is 11.9. The van der Waals surface area contributed by atoms with Crippen LogP contribution in [0.1, 0.15) is 44.9 Å². The van der Waals surface area contributed by atoms with E-state index in [9.17, 15) is 8.42 Å². The monoisotopic (exact) mass is 370 g/mol. The van der Waals surface area contributed by atoms with E-state index in [0.29, 0.717) is 17.7 Å². The van der Waals surface area contributed by atoms with E-state index in [0.717, 1.165) is 24.7 Å². The molecule has 1 saturated heterocycles.